The molecule has 0 bridgehead atoms. The summed E-state index contributed by atoms with van der Waals surface area (Å²) in [5.74, 6) is 1.38. The zero-order valence-electron chi connectivity index (χ0n) is 12.5. The normalized spacial score (nSPS) is 23.5. The van der Waals surface area contributed by atoms with E-state index in [0.717, 1.165) is 33.9 Å². The highest BCUT2D eigenvalue weighted by molar-refractivity contribution is 7.20. The summed E-state index contributed by atoms with van der Waals surface area (Å²) in [5.41, 5.74) is 0.998. The van der Waals surface area contributed by atoms with Crippen molar-refractivity contribution in [3.8, 4) is 0 Å². The van der Waals surface area contributed by atoms with Crippen molar-refractivity contribution in [2.45, 2.75) is 27.2 Å². The van der Waals surface area contributed by atoms with Crippen LogP contribution in [0, 0.1) is 18.8 Å². The average molecular weight is 291 g/mol. The lowest BCUT2D eigenvalue weighted by atomic mass is 9.92. The molecule has 0 N–H and O–H groups in total. The molecule has 20 heavy (non-hydrogen) atoms. The largest absolute Gasteiger partial charge is 0.337 e. The number of aryl methyl sites for hydroxylation is 2. The van der Waals surface area contributed by atoms with Gasteiger partial charge in [0, 0.05) is 25.5 Å². The van der Waals surface area contributed by atoms with Gasteiger partial charge in [0.1, 0.15) is 4.83 Å². The molecule has 2 aromatic rings. The summed E-state index contributed by atoms with van der Waals surface area (Å²) < 4.78 is 1.87. The zero-order valence-corrected chi connectivity index (χ0v) is 13.3. The average Bonchev–Trinajstić information content (AvgIpc) is 2.90. The molecule has 108 valence electrons. The molecule has 3 heterocycles. The Balaban J connectivity index is 1.90. The highest BCUT2D eigenvalue weighted by Gasteiger charge is 2.27. The van der Waals surface area contributed by atoms with Crippen molar-refractivity contribution >= 4 is 27.5 Å². The van der Waals surface area contributed by atoms with Crippen molar-refractivity contribution in [1.82, 2.24) is 14.7 Å². The third kappa shape index (κ3) is 2.24. The first kappa shape index (κ1) is 13.6. The Kier molecular flexibility index (Phi) is 3.32. The highest BCUT2D eigenvalue weighted by Crippen LogP contribution is 2.30. The first-order valence-electron chi connectivity index (χ1n) is 7.18. The molecule has 5 heteroatoms. The van der Waals surface area contributed by atoms with Crippen LogP contribution in [-0.4, -0.2) is 33.7 Å². The van der Waals surface area contributed by atoms with Gasteiger partial charge in [-0.2, -0.15) is 5.10 Å². The predicted octanol–water partition coefficient (Wildman–Crippen LogP) is 3.06. The molecule has 0 spiro atoms. The van der Waals surface area contributed by atoms with E-state index in [0.29, 0.717) is 11.8 Å². The van der Waals surface area contributed by atoms with E-state index in [9.17, 15) is 4.79 Å². The Morgan fingerprint density at radius 2 is 2.00 bits per heavy atom. The van der Waals surface area contributed by atoms with Crippen molar-refractivity contribution in [3.05, 3.63) is 16.6 Å². The molecule has 0 aliphatic carbocycles. The van der Waals surface area contributed by atoms with Crippen LogP contribution >= 0.6 is 11.3 Å². The number of rotatable bonds is 1. The smallest absolute Gasteiger partial charge is 0.264 e. The number of aromatic nitrogens is 2. The Bertz CT molecular complexity index is 613. The number of fused-ring (bicyclic) bond motifs is 1. The molecule has 3 rings (SSSR count). The van der Waals surface area contributed by atoms with Gasteiger partial charge in [-0.25, -0.2) is 0 Å². The number of piperidine rings is 1. The molecule has 2 unspecified atom stereocenters. The quantitative estimate of drug-likeness (QED) is 0.810. The van der Waals surface area contributed by atoms with Gasteiger partial charge >= 0.3 is 0 Å². The van der Waals surface area contributed by atoms with E-state index < -0.39 is 0 Å². The lowest BCUT2D eigenvalue weighted by molar-refractivity contribution is 0.0628. The third-order valence-electron chi connectivity index (χ3n) is 4.06. The molecule has 4 nitrogen and oxygen atoms in total. The minimum Gasteiger partial charge on any atom is -0.337 e. The summed E-state index contributed by atoms with van der Waals surface area (Å²) in [6.07, 6.45) is 1.22. The van der Waals surface area contributed by atoms with Gasteiger partial charge in [0.15, 0.2) is 0 Å². The molecule has 2 aromatic heterocycles. The van der Waals surface area contributed by atoms with Crippen LogP contribution in [-0.2, 0) is 7.05 Å². The Morgan fingerprint density at radius 3 is 2.60 bits per heavy atom. The standard InChI is InChI=1S/C15H21N3OS/c1-9-5-10(2)8-18(7-9)14(19)13-6-12-11(3)16-17(4)15(12)20-13/h6,9-10H,5,7-8H2,1-4H3. The Hall–Kier alpha value is -1.36. The number of hydrogen-bond acceptors (Lipinski definition) is 3. The van der Waals surface area contributed by atoms with Crippen LogP contribution in [0.1, 0.15) is 35.6 Å². The van der Waals surface area contributed by atoms with Crippen molar-refractivity contribution in [2.75, 3.05) is 13.1 Å². The molecular weight excluding hydrogens is 270 g/mol. The van der Waals surface area contributed by atoms with E-state index in [4.69, 9.17) is 0 Å². The topological polar surface area (TPSA) is 38.1 Å². The fourth-order valence-corrected chi connectivity index (χ4v) is 4.39. The number of hydrogen-bond donors (Lipinski definition) is 0. The summed E-state index contributed by atoms with van der Waals surface area (Å²) in [5, 5.41) is 5.50. The van der Waals surface area contributed by atoms with Gasteiger partial charge in [-0.1, -0.05) is 13.8 Å². The number of amides is 1. The first-order valence-corrected chi connectivity index (χ1v) is 7.99. The van der Waals surface area contributed by atoms with Gasteiger partial charge in [-0.05, 0) is 31.2 Å². The summed E-state index contributed by atoms with van der Waals surface area (Å²) >= 11 is 1.56. The maximum Gasteiger partial charge on any atom is 0.264 e. The Morgan fingerprint density at radius 1 is 1.35 bits per heavy atom. The van der Waals surface area contributed by atoms with E-state index in [2.05, 4.69) is 18.9 Å². The van der Waals surface area contributed by atoms with Crippen molar-refractivity contribution in [1.29, 1.82) is 0 Å². The molecule has 0 saturated carbocycles. The summed E-state index contributed by atoms with van der Waals surface area (Å²) in [6.45, 7) is 8.22. The highest BCUT2D eigenvalue weighted by atomic mass is 32.1. The second-order valence-corrected chi connectivity index (χ2v) is 7.23. The lowest BCUT2D eigenvalue weighted by Gasteiger charge is -2.34. The first-order chi connectivity index (χ1) is 9.45. The Labute approximate surface area is 123 Å². The van der Waals surface area contributed by atoms with Crippen LogP contribution in [0.4, 0.5) is 0 Å². The molecule has 1 aliphatic rings. The number of thiophene rings is 1. The maximum atomic E-state index is 12.7. The van der Waals surface area contributed by atoms with Crippen LogP contribution in [0.15, 0.2) is 6.07 Å². The van der Waals surface area contributed by atoms with Crippen LogP contribution in [0.25, 0.3) is 10.2 Å². The van der Waals surface area contributed by atoms with Gasteiger partial charge in [0.2, 0.25) is 0 Å². The molecule has 1 saturated heterocycles. The van der Waals surface area contributed by atoms with Crippen LogP contribution in [0.5, 0.6) is 0 Å². The van der Waals surface area contributed by atoms with Gasteiger partial charge in [0.05, 0.1) is 10.6 Å². The SMILES string of the molecule is Cc1nn(C)c2sc(C(=O)N3CC(C)CC(C)C3)cc12. The predicted molar refractivity (Wildman–Crippen MR) is 82.2 cm³/mol. The van der Waals surface area contributed by atoms with E-state index >= 15 is 0 Å². The third-order valence-corrected chi connectivity index (χ3v) is 5.25. The maximum absolute atomic E-state index is 12.7. The number of carbonyl (C=O) groups excluding carboxylic acids is 1. The fraction of sp³-hybridized carbons (Fsp3) is 0.600. The second kappa shape index (κ2) is 4.88. The van der Waals surface area contributed by atoms with Crippen molar-refractivity contribution in [3.63, 3.8) is 0 Å². The second-order valence-electron chi connectivity index (χ2n) is 6.19. The van der Waals surface area contributed by atoms with Gasteiger partial charge in [-0.3, -0.25) is 9.48 Å². The lowest BCUT2D eigenvalue weighted by Crippen LogP contribution is -2.42. The van der Waals surface area contributed by atoms with E-state index in [1.54, 1.807) is 11.3 Å². The molecule has 1 aliphatic heterocycles. The van der Waals surface area contributed by atoms with E-state index in [1.165, 1.54) is 6.42 Å². The number of carbonyl (C=O) groups is 1. The molecule has 1 fully saturated rings. The molecule has 1 amide bonds. The van der Waals surface area contributed by atoms with Crippen molar-refractivity contribution < 1.29 is 4.79 Å². The summed E-state index contributed by atoms with van der Waals surface area (Å²) in [4.78, 5) is 16.6. The van der Waals surface area contributed by atoms with Crippen LogP contribution in [0.2, 0.25) is 0 Å². The minimum absolute atomic E-state index is 0.184. The zero-order chi connectivity index (χ0) is 14.4. The van der Waals surface area contributed by atoms with Gasteiger partial charge in [-0.15, -0.1) is 11.3 Å². The molecule has 0 aromatic carbocycles. The molecule has 2 atom stereocenters. The van der Waals surface area contributed by atoms with Crippen LogP contribution in [0.3, 0.4) is 0 Å². The monoisotopic (exact) mass is 291 g/mol. The summed E-state index contributed by atoms with van der Waals surface area (Å²) in [6, 6.07) is 2.01. The van der Waals surface area contributed by atoms with Crippen LogP contribution < -0.4 is 0 Å². The van der Waals surface area contributed by atoms with Gasteiger partial charge < -0.3 is 4.90 Å². The fourth-order valence-electron chi connectivity index (χ4n) is 3.30. The molecular formula is C15H21N3OS. The van der Waals surface area contributed by atoms with Gasteiger partial charge in [0.25, 0.3) is 5.91 Å². The number of likely N-dealkylation sites (tertiary alicyclic amines) is 1. The van der Waals surface area contributed by atoms with Crippen molar-refractivity contribution in [2.24, 2.45) is 18.9 Å². The minimum atomic E-state index is 0.184. The molecule has 0 radical (unpaired) electrons. The van der Waals surface area contributed by atoms with E-state index in [-0.39, 0.29) is 5.91 Å². The summed E-state index contributed by atoms with van der Waals surface area (Å²) in [7, 11) is 1.94. The van der Waals surface area contributed by atoms with E-state index in [1.807, 2.05) is 29.6 Å². The number of nitrogens with zero attached hydrogens (tertiary/aromatic N) is 3.